The number of hydrogen-bond acceptors (Lipinski definition) is 6. The van der Waals surface area contributed by atoms with Gasteiger partial charge < -0.3 is 9.09 Å². The van der Waals surface area contributed by atoms with Gasteiger partial charge in [-0.15, -0.1) is 0 Å². The maximum absolute atomic E-state index is 11.4. The predicted molar refractivity (Wildman–Crippen MR) is 84.2 cm³/mol. The molecule has 2 aromatic heterocycles. The molecule has 1 aliphatic rings. The van der Waals surface area contributed by atoms with Crippen LogP contribution in [-0.4, -0.2) is 47.4 Å². The molecule has 3 heterocycles. The van der Waals surface area contributed by atoms with Crippen molar-refractivity contribution in [2.24, 2.45) is 0 Å². The lowest BCUT2D eigenvalue weighted by atomic mass is 10.1. The lowest BCUT2D eigenvalue weighted by Crippen LogP contribution is -2.41. The van der Waals surface area contributed by atoms with Gasteiger partial charge in [0.25, 0.3) is 0 Å². The van der Waals surface area contributed by atoms with Crippen molar-refractivity contribution in [2.45, 2.75) is 33.0 Å². The Morgan fingerprint density at radius 1 is 1.43 bits per heavy atom. The monoisotopic (exact) mass is 339 g/mol. The van der Waals surface area contributed by atoms with Gasteiger partial charge in [-0.25, -0.2) is 18.1 Å². The first-order chi connectivity index (χ1) is 10.8. The minimum atomic E-state index is -3.22. The molecular weight excluding hydrogens is 318 g/mol. The zero-order valence-electron chi connectivity index (χ0n) is 13.5. The second-order valence-electron chi connectivity index (χ2n) is 6.04. The first-order valence-corrected chi connectivity index (χ1v) is 9.32. The molecule has 1 atom stereocenters. The second kappa shape index (κ2) is 6.06. The van der Waals surface area contributed by atoms with Gasteiger partial charge in [-0.1, -0.05) is 5.16 Å². The summed E-state index contributed by atoms with van der Waals surface area (Å²) in [6.45, 7) is 6.41. The summed E-state index contributed by atoms with van der Waals surface area (Å²) in [4.78, 5) is 6.46. The van der Waals surface area contributed by atoms with Crippen LogP contribution in [0.15, 0.2) is 17.0 Å². The minimum absolute atomic E-state index is 0.0106. The predicted octanol–water partition coefficient (Wildman–Crippen LogP) is 0.594. The van der Waals surface area contributed by atoms with Crippen LogP contribution in [0.5, 0.6) is 0 Å². The number of fused-ring (bicyclic) bond motifs is 1. The molecule has 9 heteroatoms. The van der Waals surface area contributed by atoms with Gasteiger partial charge in [0, 0.05) is 37.9 Å². The van der Waals surface area contributed by atoms with Crippen LogP contribution in [0.4, 0.5) is 0 Å². The molecule has 1 unspecified atom stereocenters. The van der Waals surface area contributed by atoms with Crippen molar-refractivity contribution in [2.75, 3.05) is 19.3 Å². The van der Waals surface area contributed by atoms with E-state index in [-0.39, 0.29) is 6.04 Å². The Bertz CT molecular complexity index is 776. The summed E-state index contributed by atoms with van der Waals surface area (Å²) in [5, 5.41) is 3.99. The Balaban J connectivity index is 1.77. The molecule has 0 amide bonds. The molecule has 1 N–H and O–H groups in total. The van der Waals surface area contributed by atoms with Crippen LogP contribution in [-0.2, 0) is 23.1 Å². The SMILES string of the molecule is Cc1noc(C)c1CN1Cc2cncn2C(CNS(C)(=O)=O)C1. The summed E-state index contributed by atoms with van der Waals surface area (Å²) in [5.41, 5.74) is 3.06. The number of hydrogen-bond donors (Lipinski definition) is 1. The highest BCUT2D eigenvalue weighted by molar-refractivity contribution is 7.88. The summed E-state index contributed by atoms with van der Waals surface area (Å²) in [6, 6.07) is 0.0106. The molecular formula is C14H21N5O3S. The van der Waals surface area contributed by atoms with E-state index < -0.39 is 10.0 Å². The van der Waals surface area contributed by atoms with Gasteiger partial charge in [0.05, 0.1) is 30.0 Å². The maximum Gasteiger partial charge on any atom is 0.208 e. The fourth-order valence-electron chi connectivity index (χ4n) is 2.95. The largest absolute Gasteiger partial charge is 0.361 e. The third-order valence-electron chi connectivity index (χ3n) is 4.14. The van der Waals surface area contributed by atoms with Crippen molar-refractivity contribution >= 4 is 10.0 Å². The summed E-state index contributed by atoms with van der Waals surface area (Å²) in [5.74, 6) is 0.826. The van der Waals surface area contributed by atoms with Crippen LogP contribution in [0, 0.1) is 13.8 Å². The third kappa shape index (κ3) is 3.62. The zero-order chi connectivity index (χ0) is 16.6. The van der Waals surface area contributed by atoms with Crippen molar-refractivity contribution in [3.8, 4) is 0 Å². The summed E-state index contributed by atoms with van der Waals surface area (Å²) in [6.07, 6.45) is 4.76. The van der Waals surface area contributed by atoms with Gasteiger partial charge in [0.2, 0.25) is 10.0 Å². The molecule has 8 nitrogen and oxygen atoms in total. The molecule has 1 aliphatic heterocycles. The van der Waals surface area contributed by atoms with E-state index in [2.05, 4.69) is 19.8 Å². The molecule has 0 aliphatic carbocycles. The second-order valence-corrected chi connectivity index (χ2v) is 7.87. The molecule has 23 heavy (non-hydrogen) atoms. The highest BCUT2D eigenvalue weighted by atomic mass is 32.2. The van der Waals surface area contributed by atoms with Crippen molar-refractivity contribution in [3.63, 3.8) is 0 Å². The standard InChI is InChI=1S/C14H21N5O3S/c1-10-14(11(2)22-17-10)8-18-6-12-4-15-9-19(12)13(7-18)5-16-23(3,20)21/h4,9,13,16H,5-8H2,1-3H3. The fraction of sp³-hybridized carbons (Fsp3) is 0.571. The van der Waals surface area contributed by atoms with E-state index >= 15 is 0 Å². The molecule has 3 rings (SSSR count). The summed E-state index contributed by atoms with van der Waals surface area (Å²) < 4.78 is 32.6. The maximum atomic E-state index is 11.4. The van der Waals surface area contributed by atoms with E-state index in [9.17, 15) is 8.42 Å². The number of aromatic nitrogens is 3. The average molecular weight is 339 g/mol. The highest BCUT2D eigenvalue weighted by Gasteiger charge is 2.26. The van der Waals surface area contributed by atoms with Crippen LogP contribution >= 0.6 is 0 Å². The van der Waals surface area contributed by atoms with E-state index in [0.29, 0.717) is 6.54 Å². The van der Waals surface area contributed by atoms with Crippen LogP contribution in [0.2, 0.25) is 0 Å². The van der Waals surface area contributed by atoms with E-state index in [1.807, 2.05) is 24.6 Å². The van der Waals surface area contributed by atoms with Crippen LogP contribution < -0.4 is 4.72 Å². The number of rotatable bonds is 5. The number of aryl methyl sites for hydroxylation is 2. The van der Waals surface area contributed by atoms with Gasteiger partial charge in [-0.2, -0.15) is 0 Å². The normalized spacial score (nSPS) is 19.0. The topological polar surface area (TPSA) is 93.3 Å². The van der Waals surface area contributed by atoms with E-state index in [4.69, 9.17) is 4.52 Å². The van der Waals surface area contributed by atoms with E-state index in [0.717, 1.165) is 42.3 Å². The van der Waals surface area contributed by atoms with Gasteiger partial charge in [0.15, 0.2) is 0 Å². The molecule has 0 spiro atoms. The quantitative estimate of drug-likeness (QED) is 0.857. The molecule has 0 radical (unpaired) electrons. The number of sulfonamides is 1. The fourth-order valence-corrected chi connectivity index (χ4v) is 3.44. The van der Waals surface area contributed by atoms with Gasteiger partial charge in [-0.05, 0) is 13.8 Å². The number of nitrogens with zero attached hydrogens (tertiary/aromatic N) is 4. The molecule has 0 fully saturated rings. The minimum Gasteiger partial charge on any atom is -0.361 e. The molecule has 0 saturated heterocycles. The zero-order valence-corrected chi connectivity index (χ0v) is 14.3. The first kappa shape index (κ1) is 16.2. The Morgan fingerprint density at radius 2 is 2.22 bits per heavy atom. The highest BCUT2D eigenvalue weighted by Crippen LogP contribution is 2.24. The van der Waals surface area contributed by atoms with Gasteiger partial charge in [0.1, 0.15) is 5.76 Å². The smallest absolute Gasteiger partial charge is 0.208 e. The number of nitrogens with one attached hydrogen (secondary N) is 1. The van der Waals surface area contributed by atoms with E-state index in [1.165, 1.54) is 6.26 Å². The van der Waals surface area contributed by atoms with Crippen molar-refractivity contribution < 1.29 is 12.9 Å². The Hall–Kier alpha value is -1.71. The third-order valence-corrected chi connectivity index (χ3v) is 4.83. The summed E-state index contributed by atoms with van der Waals surface area (Å²) in [7, 11) is -3.22. The van der Waals surface area contributed by atoms with Crippen LogP contribution in [0.25, 0.3) is 0 Å². The molecule has 0 aromatic carbocycles. The van der Waals surface area contributed by atoms with Gasteiger partial charge in [-0.3, -0.25) is 4.90 Å². The summed E-state index contributed by atoms with van der Waals surface area (Å²) >= 11 is 0. The number of imidazole rings is 1. The Morgan fingerprint density at radius 3 is 2.87 bits per heavy atom. The molecule has 0 bridgehead atoms. The molecule has 0 saturated carbocycles. The Labute approximate surface area is 135 Å². The van der Waals surface area contributed by atoms with Crippen molar-refractivity contribution in [1.82, 2.24) is 24.3 Å². The van der Waals surface area contributed by atoms with Crippen LogP contribution in [0.1, 0.15) is 28.8 Å². The Kier molecular flexibility index (Phi) is 4.26. The molecule has 126 valence electrons. The average Bonchev–Trinajstić information content (AvgIpc) is 3.05. The van der Waals surface area contributed by atoms with Crippen molar-refractivity contribution in [1.29, 1.82) is 0 Å². The van der Waals surface area contributed by atoms with Crippen molar-refractivity contribution in [3.05, 3.63) is 35.2 Å². The van der Waals surface area contributed by atoms with Gasteiger partial charge >= 0.3 is 0 Å². The molecule has 2 aromatic rings. The first-order valence-electron chi connectivity index (χ1n) is 7.43. The lowest BCUT2D eigenvalue weighted by molar-refractivity contribution is 0.177. The van der Waals surface area contributed by atoms with E-state index in [1.54, 1.807) is 6.33 Å². The lowest BCUT2D eigenvalue weighted by Gasteiger charge is -2.34. The van der Waals surface area contributed by atoms with Crippen LogP contribution in [0.3, 0.4) is 0 Å².